The van der Waals surface area contributed by atoms with E-state index in [2.05, 4.69) is 20.5 Å². The molecule has 0 aliphatic heterocycles. The lowest BCUT2D eigenvalue weighted by atomic mass is 10.1. The van der Waals surface area contributed by atoms with Crippen LogP contribution in [0.15, 0.2) is 23.1 Å². The number of H-pyrrole nitrogens is 1. The number of nitrogens with one attached hydrogen (secondary N) is 3. The molecule has 1 amide bonds. The fraction of sp³-hybridized carbons (Fsp3) is 0.286. The molecule has 2 rings (SSSR count). The van der Waals surface area contributed by atoms with Crippen LogP contribution in [0.4, 0.5) is 0 Å². The maximum atomic E-state index is 12.2. The number of rotatable bonds is 4. The van der Waals surface area contributed by atoms with Crippen LogP contribution in [-0.2, 0) is 10.0 Å². The van der Waals surface area contributed by atoms with Gasteiger partial charge in [0.05, 0.1) is 11.4 Å². The summed E-state index contributed by atoms with van der Waals surface area (Å²) in [6.07, 6.45) is 0. The van der Waals surface area contributed by atoms with Crippen LogP contribution in [0.5, 0.6) is 0 Å². The number of hydrogen-bond donors (Lipinski definition) is 3. The van der Waals surface area contributed by atoms with Gasteiger partial charge in [-0.25, -0.2) is 8.42 Å². The van der Waals surface area contributed by atoms with Crippen LogP contribution in [0.1, 0.15) is 32.9 Å². The fourth-order valence-electron chi connectivity index (χ4n) is 2.24. The Labute approximate surface area is 129 Å². The monoisotopic (exact) mass is 322 g/mol. The molecule has 1 aromatic heterocycles. The van der Waals surface area contributed by atoms with E-state index in [9.17, 15) is 13.2 Å². The quantitative estimate of drug-likeness (QED) is 0.737. The van der Waals surface area contributed by atoms with Crippen LogP contribution < -0.4 is 10.3 Å². The molecule has 0 saturated heterocycles. The molecule has 0 bridgehead atoms. The van der Waals surface area contributed by atoms with Crippen LogP contribution in [0.2, 0.25) is 0 Å². The van der Waals surface area contributed by atoms with Gasteiger partial charge in [0, 0.05) is 5.56 Å². The van der Waals surface area contributed by atoms with Crippen LogP contribution in [-0.4, -0.2) is 24.5 Å². The Hall–Kier alpha value is -2.19. The molecule has 118 valence electrons. The van der Waals surface area contributed by atoms with Crippen molar-refractivity contribution in [2.24, 2.45) is 0 Å². The van der Waals surface area contributed by atoms with Crippen molar-refractivity contribution < 1.29 is 13.2 Å². The zero-order valence-electron chi connectivity index (χ0n) is 12.8. The molecule has 0 fully saturated rings. The summed E-state index contributed by atoms with van der Waals surface area (Å²) in [5.41, 5.74) is 5.18. The molecule has 0 saturated carbocycles. The molecule has 3 N–H and O–H groups in total. The Kier molecular flexibility index (Phi) is 4.34. The van der Waals surface area contributed by atoms with Gasteiger partial charge in [0.15, 0.2) is 0 Å². The van der Waals surface area contributed by atoms with Crippen molar-refractivity contribution in [1.29, 1.82) is 0 Å². The van der Waals surface area contributed by atoms with Crippen molar-refractivity contribution >= 4 is 15.9 Å². The summed E-state index contributed by atoms with van der Waals surface area (Å²) >= 11 is 0. The third kappa shape index (κ3) is 3.18. The Balaban J connectivity index is 2.17. The first-order valence-electron chi connectivity index (χ1n) is 6.63. The van der Waals surface area contributed by atoms with E-state index in [4.69, 9.17) is 0 Å². The summed E-state index contributed by atoms with van der Waals surface area (Å²) in [6.45, 7) is 6.88. The number of nitrogens with zero attached hydrogens (tertiary/aromatic N) is 1. The van der Waals surface area contributed by atoms with Crippen molar-refractivity contribution in [3.63, 3.8) is 0 Å². The summed E-state index contributed by atoms with van der Waals surface area (Å²) in [5, 5.41) is 6.43. The van der Waals surface area contributed by atoms with E-state index in [1.54, 1.807) is 32.9 Å². The number of hydrogen-bond acceptors (Lipinski definition) is 4. The number of benzene rings is 1. The molecule has 0 radical (unpaired) electrons. The average molecular weight is 322 g/mol. The lowest BCUT2D eigenvalue weighted by Crippen LogP contribution is -2.42. The molecule has 0 aliphatic carbocycles. The van der Waals surface area contributed by atoms with Gasteiger partial charge in [0.25, 0.3) is 15.9 Å². The second-order valence-corrected chi connectivity index (χ2v) is 6.76. The number of hydrazine groups is 1. The summed E-state index contributed by atoms with van der Waals surface area (Å²) in [7, 11) is -3.88. The molecule has 2 aromatic rings. The van der Waals surface area contributed by atoms with Crippen molar-refractivity contribution in [2.45, 2.75) is 32.6 Å². The molecule has 1 heterocycles. The summed E-state index contributed by atoms with van der Waals surface area (Å²) in [4.78, 5) is 14.2. The lowest BCUT2D eigenvalue weighted by Gasteiger charge is -2.10. The summed E-state index contributed by atoms with van der Waals surface area (Å²) < 4.78 is 24.4. The minimum atomic E-state index is -3.88. The average Bonchev–Trinajstić information content (AvgIpc) is 2.76. The van der Waals surface area contributed by atoms with Gasteiger partial charge in [0.2, 0.25) is 0 Å². The standard InChI is InChI=1S/C14H18N4O3S/c1-8-5-6-12(9(2)7-8)14(19)17-18-22(20,21)13-10(3)15-16-11(13)4/h5-7,18H,1-4H3,(H,15,16)(H,17,19). The smallest absolute Gasteiger partial charge is 0.266 e. The van der Waals surface area contributed by atoms with E-state index in [-0.39, 0.29) is 4.90 Å². The highest BCUT2D eigenvalue weighted by Crippen LogP contribution is 2.16. The highest BCUT2D eigenvalue weighted by molar-refractivity contribution is 7.89. The highest BCUT2D eigenvalue weighted by Gasteiger charge is 2.23. The van der Waals surface area contributed by atoms with Gasteiger partial charge >= 0.3 is 0 Å². The molecule has 22 heavy (non-hydrogen) atoms. The van der Waals surface area contributed by atoms with Crippen molar-refractivity contribution in [3.8, 4) is 0 Å². The predicted molar refractivity (Wildman–Crippen MR) is 81.8 cm³/mol. The molecular weight excluding hydrogens is 304 g/mol. The van der Waals surface area contributed by atoms with Gasteiger partial charge in [-0.15, -0.1) is 4.83 Å². The second kappa shape index (κ2) is 5.90. The van der Waals surface area contributed by atoms with Gasteiger partial charge in [-0.2, -0.15) is 5.10 Å². The van der Waals surface area contributed by atoms with Crippen molar-refractivity contribution in [3.05, 3.63) is 46.3 Å². The van der Waals surface area contributed by atoms with Gasteiger partial charge in [-0.1, -0.05) is 17.7 Å². The molecule has 0 unspecified atom stereocenters. The van der Waals surface area contributed by atoms with Gasteiger partial charge in [-0.05, 0) is 39.3 Å². The maximum Gasteiger partial charge on any atom is 0.266 e. The zero-order valence-corrected chi connectivity index (χ0v) is 13.6. The van der Waals surface area contributed by atoms with E-state index in [0.717, 1.165) is 11.1 Å². The first-order chi connectivity index (χ1) is 10.2. The van der Waals surface area contributed by atoms with Gasteiger partial charge < -0.3 is 0 Å². The first-order valence-corrected chi connectivity index (χ1v) is 8.11. The third-order valence-corrected chi connectivity index (χ3v) is 4.76. The third-order valence-electron chi connectivity index (χ3n) is 3.25. The van der Waals surface area contributed by atoms with E-state index < -0.39 is 15.9 Å². The summed E-state index contributed by atoms with van der Waals surface area (Å²) in [5.74, 6) is -0.514. The minimum absolute atomic E-state index is 0.0356. The van der Waals surface area contributed by atoms with Crippen LogP contribution in [0, 0.1) is 27.7 Å². The number of sulfonamides is 1. The summed E-state index contributed by atoms with van der Waals surface area (Å²) in [6, 6.07) is 5.30. The number of aromatic amines is 1. The molecule has 0 atom stereocenters. The Morgan fingerprint density at radius 2 is 1.86 bits per heavy atom. The highest BCUT2D eigenvalue weighted by atomic mass is 32.2. The van der Waals surface area contributed by atoms with E-state index >= 15 is 0 Å². The van der Waals surface area contributed by atoms with Crippen LogP contribution in [0.3, 0.4) is 0 Å². The van der Waals surface area contributed by atoms with Crippen molar-refractivity contribution in [1.82, 2.24) is 20.5 Å². The number of carbonyl (C=O) groups excluding carboxylic acids is 1. The topological polar surface area (TPSA) is 104 Å². The van der Waals surface area contributed by atoms with Gasteiger partial charge in [0.1, 0.15) is 4.90 Å². The Morgan fingerprint density at radius 1 is 1.18 bits per heavy atom. The lowest BCUT2D eigenvalue weighted by molar-refractivity contribution is 0.0944. The van der Waals surface area contributed by atoms with Crippen LogP contribution in [0.25, 0.3) is 0 Å². The normalized spacial score (nSPS) is 11.5. The van der Waals surface area contributed by atoms with Crippen LogP contribution >= 0.6 is 0 Å². The van der Waals surface area contributed by atoms with E-state index in [1.807, 2.05) is 13.0 Å². The fourth-order valence-corrected chi connectivity index (χ4v) is 3.45. The van der Waals surface area contributed by atoms with Gasteiger partial charge in [-0.3, -0.25) is 15.3 Å². The molecule has 8 heteroatoms. The molecule has 0 spiro atoms. The number of aromatic nitrogens is 2. The van der Waals surface area contributed by atoms with Crippen molar-refractivity contribution in [2.75, 3.05) is 0 Å². The number of carbonyl (C=O) groups is 1. The maximum absolute atomic E-state index is 12.2. The number of amides is 1. The predicted octanol–water partition coefficient (Wildman–Crippen LogP) is 1.27. The number of aryl methyl sites for hydroxylation is 4. The Bertz CT molecular complexity index is 805. The first kappa shape index (κ1) is 16.2. The minimum Gasteiger partial charge on any atom is -0.281 e. The molecule has 0 aliphatic rings. The van der Waals surface area contributed by atoms with E-state index in [0.29, 0.717) is 17.0 Å². The zero-order chi connectivity index (χ0) is 16.5. The second-order valence-electron chi connectivity index (χ2n) is 5.14. The Morgan fingerprint density at radius 3 is 2.41 bits per heavy atom. The molecule has 1 aromatic carbocycles. The molecule has 7 nitrogen and oxygen atoms in total. The molecular formula is C14H18N4O3S. The SMILES string of the molecule is Cc1ccc(C(=O)NNS(=O)(=O)c2c(C)n[nH]c2C)c(C)c1. The largest absolute Gasteiger partial charge is 0.281 e. The van der Waals surface area contributed by atoms with E-state index in [1.165, 1.54) is 0 Å².